The fourth-order valence-corrected chi connectivity index (χ4v) is 2.68. The zero-order chi connectivity index (χ0) is 13.6. The van der Waals surface area contributed by atoms with Gasteiger partial charge in [-0.2, -0.15) is 0 Å². The largest absolute Gasteiger partial charge is 0.398 e. The van der Waals surface area contributed by atoms with Gasteiger partial charge in [0.25, 0.3) is 0 Å². The molecule has 3 N–H and O–H groups in total. The number of hydrogen-bond acceptors (Lipinski definition) is 4. The van der Waals surface area contributed by atoms with Gasteiger partial charge in [0.1, 0.15) is 0 Å². The van der Waals surface area contributed by atoms with Crippen LogP contribution in [0.2, 0.25) is 5.02 Å². The Morgan fingerprint density at radius 3 is 2.72 bits per heavy atom. The molecule has 0 heterocycles. The number of nitrogen functional groups attached to an aromatic ring is 1. The zero-order valence-electron chi connectivity index (χ0n) is 10.1. The number of unbranched alkanes of at least 4 members (excludes halogenated alkanes) is 1. The Labute approximate surface area is 112 Å². The molecule has 0 saturated carbocycles. The van der Waals surface area contributed by atoms with E-state index in [4.69, 9.17) is 22.1 Å². The van der Waals surface area contributed by atoms with Gasteiger partial charge in [-0.25, -0.2) is 13.1 Å². The summed E-state index contributed by atoms with van der Waals surface area (Å²) in [7, 11) is -1.91. The van der Waals surface area contributed by atoms with E-state index in [0.29, 0.717) is 18.8 Å². The first-order valence-electron chi connectivity index (χ1n) is 5.51. The molecule has 0 radical (unpaired) electrons. The molecule has 0 unspecified atom stereocenters. The van der Waals surface area contributed by atoms with Gasteiger partial charge in [-0.05, 0) is 31.0 Å². The van der Waals surface area contributed by atoms with Crippen LogP contribution in [0, 0.1) is 0 Å². The summed E-state index contributed by atoms with van der Waals surface area (Å²) in [5.74, 6) is 0. The van der Waals surface area contributed by atoms with Crippen molar-refractivity contribution in [2.75, 3.05) is 26.0 Å². The average Bonchev–Trinajstić information content (AvgIpc) is 2.32. The highest BCUT2D eigenvalue weighted by Crippen LogP contribution is 2.22. The van der Waals surface area contributed by atoms with E-state index >= 15 is 0 Å². The van der Waals surface area contributed by atoms with E-state index in [1.807, 2.05) is 0 Å². The Morgan fingerprint density at radius 2 is 2.11 bits per heavy atom. The summed E-state index contributed by atoms with van der Waals surface area (Å²) in [4.78, 5) is 0.119. The van der Waals surface area contributed by atoms with E-state index in [-0.39, 0.29) is 9.92 Å². The molecule has 5 nitrogen and oxygen atoms in total. The predicted molar refractivity (Wildman–Crippen MR) is 72.2 cm³/mol. The maximum atomic E-state index is 11.9. The van der Waals surface area contributed by atoms with Crippen LogP contribution in [0.15, 0.2) is 23.1 Å². The van der Waals surface area contributed by atoms with Crippen molar-refractivity contribution in [3.63, 3.8) is 0 Å². The van der Waals surface area contributed by atoms with Gasteiger partial charge < -0.3 is 10.5 Å². The second-order valence-corrected chi connectivity index (χ2v) is 5.96. The number of benzene rings is 1. The molecule has 0 aromatic heterocycles. The molecular formula is C11H17ClN2O3S. The van der Waals surface area contributed by atoms with Gasteiger partial charge in [-0.15, -0.1) is 0 Å². The average molecular weight is 293 g/mol. The van der Waals surface area contributed by atoms with Crippen molar-refractivity contribution >= 4 is 27.3 Å². The summed E-state index contributed by atoms with van der Waals surface area (Å²) < 4.78 is 31.2. The van der Waals surface area contributed by atoms with Crippen LogP contribution in [0.1, 0.15) is 12.8 Å². The number of anilines is 1. The number of rotatable bonds is 7. The Balaban J connectivity index is 2.60. The molecule has 18 heavy (non-hydrogen) atoms. The van der Waals surface area contributed by atoms with Crippen LogP contribution < -0.4 is 10.5 Å². The van der Waals surface area contributed by atoms with E-state index < -0.39 is 10.0 Å². The van der Waals surface area contributed by atoms with Crippen LogP contribution in [0.5, 0.6) is 0 Å². The Morgan fingerprint density at radius 1 is 1.39 bits per heavy atom. The first-order valence-corrected chi connectivity index (χ1v) is 7.37. The van der Waals surface area contributed by atoms with Crippen molar-refractivity contribution in [2.24, 2.45) is 0 Å². The Kier molecular flexibility index (Phi) is 5.87. The van der Waals surface area contributed by atoms with E-state index in [0.717, 1.165) is 12.8 Å². The fourth-order valence-electron chi connectivity index (χ4n) is 1.34. The number of methoxy groups -OCH3 is 1. The lowest BCUT2D eigenvalue weighted by Gasteiger charge is -2.07. The van der Waals surface area contributed by atoms with E-state index in [9.17, 15) is 8.42 Å². The molecule has 0 aliphatic carbocycles. The number of halogens is 1. The zero-order valence-corrected chi connectivity index (χ0v) is 11.7. The highest BCUT2D eigenvalue weighted by molar-refractivity contribution is 7.89. The number of nitrogens with one attached hydrogen (secondary N) is 1. The van der Waals surface area contributed by atoms with Crippen molar-refractivity contribution < 1.29 is 13.2 Å². The fraction of sp³-hybridized carbons (Fsp3) is 0.455. The second-order valence-electron chi connectivity index (χ2n) is 3.78. The quantitative estimate of drug-likeness (QED) is 0.591. The van der Waals surface area contributed by atoms with Gasteiger partial charge in [0, 0.05) is 20.3 Å². The first kappa shape index (κ1) is 15.2. The third-order valence-electron chi connectivity index (χ3n) is 2.35. The molecule has 0 fully saturated rings. The molecule has 1 aromatic rings. The van der Waals surface area contributed by atoms with Gasteiger partial charge >= 0.3 is 0 Å². The standard InChI is InChI=1S/C11H17ClN2O3S/c1-17-7-3-2-6-14-18(15,16)9-4-5-11(13)10(12)8-9/h4-5,8,14H,2-3,6-7,13H2,1H3. The topological polar surface area (TPSA) is 81.4 Å². The minimum atomic E-state index is -3.52. The van der Waals surface area contributed by atoms with Crippen molar-refractivity contribution in [1.29, 1.82) is 0 Å². The van der Waals surface area contributed by atoms with Crippen molar-refractivity contribution in [3.05, 3.63) is 23.2 Å². The summed E-state index contributed by atoms with van der Waals surface area (Å²) in [6.07, 6.45) is 1.53. The van der Waals surface area contributed by atoms with Gasteiger partial charge in [0.05, 0.1) is 15.6 Å². The predicted octanol–water partition coefficient (Wildman–Crippen LogP) is 1.63. The number of sulfonamides is 1. The van der Waals surface area contributed by atoms with Gasteiger partial charge in [-0.1, -0.05) is 11.6 Å². The lowest BCUT2D eigenvalue weighted by atomic mass is 10.3. The van der Waals surface area contributed by atoms with Gasteiger partial charge in [-0.3, -0.25) is 0 Å². The first-order chi connectivity index (χ1) is 8.47. The summed E-state index contributed by atoms with van der Waals surface area (Å²) in [6, 6.07) is 4.24. The van der Waals surface area contributed by atoms with Crippen molar-refractivity contribution in [3.8, 4) is 0 Å². The Bertz CT molecular complexity index is 491. The van der Waals surface area contributed by atoms with Crippen molar-refractivity contribution in [2.45, 2.75) is 17.7 Å². The highest BCUT2D eigenvalue weighted by Gasteiger charge is 2.14. The molecule has 7 heteroatoms. The van der Waals surface area contributed by atoms with E-state index in [2.05, 4.69) is 4.72 Å². The molecule has 0 atom stereocenters. The van der Waals surface area contributed by atoms with Crippen LogP contribution in [0.3, 0.4) is 0 Å². The van der Waals surface area contributed by atoms with E-state index in [1.165, 1.54) is 18.2 Å². The summed E-state index contributed by atoms with van der Waals surface area (Å²) in [5.41, 5.74) is 5.88. The number of nitrogens with two attached hydrogens (primary N) is 1. The van der Waals surface area contributed by atoms with Gasteiger partial charge in [0.15, 0.2) is 0 Å². The molecule has 102 valence electrons. The van der Waals surface area contributed by atoms with Crippen LogP contribution in [0.25, 0.3) is 0 Å². The van der Waals surface area contributed by atoms with Crippen LogP contribution in [-0.2, 0) is 14.8 Å². The normalized spacial score (nSPS) is 11.7. The lowest BCUT2D eigenvalue weighted by molar-refractivity contribution is 0.193. The molecule has 1 aromatic carbocycles. The highest BCUT2D eigenvalue weighted by atomic mass is 35.5. The molecule has 0 aliphatic heterocycles. The minimum absolute atomic E-state index is 0.119. The second kappa shape index (κ2) is 6.94. The maximum absolute atomic E-state index is 11.9. The van der Waals surface area contributed by atoms with Crippen molar-refractivity contribution in [1.82, 2.24) is 4.72 Å². The molecule has 0 saturated heterocycles. The molecule has 0 aliphatic rings. The van der Waals surface area contributed by atoms with Gasteiger partial charge in [0.2, 0.25) is 10.0 Å². The third kappa shape index (κ3) is 4.45. The smallest absolute Gasteiger partial charge is 0.240 e. The van der Waals surface area contributed by atoms with Crippen LogP contribution in [0.4, 0.5) is 5.69 Å². The number of ether oxygens (including phenoxy) is 1. The monoisotopic (exact) mass is 292 g/mol. The molecule has 1 rings (SSSR count). The third-order valence-corrected chi connectivity index (χ3v) is 4.14. The molecular weight excluding hydrogens is 276 g/mol. The summed E-state index contributed by atoms with van der Waals surface area (Å²) in [5, 5.41) is 0.234. The number of hydrogen-bond donors (Lipinski definition) is 2. The molecule has 0 spiro atoms. The van der Waals surface area contributed by atoms with Crippen LogP contribution >= 0.6 is 11.6 Å². The molecule has 0 bridgehead atoms. The SMILES string of the molecule is COCCCCNS(=O)(=O)c1ccc(N)c(Cl)c1. The maximum Gasteiger partial charge on any atom is 0.240 e. The van der Waals surface area contributed by atoms with E-state index in [1.54, 1.807) is 7.11 Å². The van der Waals surface area contributed by atoms with Crippen LogP contribution in [-0.4, -0.2) is 28.7 Å². The minimum Gasteiger partial charge on any atom is -0.398 e. The summed E-state index contributed by atoms with van der Waals surface area (Å²) >= 11 is 5.79. The lowest BCUT2D eigenvalue weighted by Crippen LogP contribution is -2.25. The Hall–Kier alpha value is -0.820. The molecule has 0 amide bonds. The summed E-state index contributed by atoms with van der Waals surface area (Å²) in [6.45, 7) is 0.989.